The molecule has 0 radical (unpaired) electrons. The Labute approximate surface area is 116 Å². The minimum Gasteiger partial charge on any atom is -0.297 e. The van der Waals surface area contributed by atoms with Crippen LogP contribution < -0.4 is 5.14 Å². The highest BCUT2D eigenvalue weighted by Gasteiger charge is 2.22. The molecule has 0 aliphatic rings. The van der Waals surface area contributed by atoms with E-state index >= 15 is 0 Å². The lowest BCUT2D eigenvalue weighted by Gasteiger charge is -2.08. The maximum atomic E-state index is 14.0. The number of sulfonamides is 1. The second-order valence-corrected chi connectivity index (χ2v) is 5.94. The van der Waals surface area contributed by atoms with Gasteiger partial charge in [0.25, 0.3) is 15.2 Å². The largest absolute Gasteiger partial charge is 0.297 e. The van der Waals surface area contributed by atoms with E-state index in [-0.39, 0.29) is 16.5 Å². The van der Waals surface area contributed by atoms with Gasteiger partial charge in [0.2, 0.25) is 0 Å². The van der Waals surface area contributed by atoms with Crippen LogP contribution >= 0.6 is 0 Å². The Balaban J connectivity index is 2.66. The third kappa shape index (κ3) is 2.70. The van der Waals surface area contributed by atoms with E-state index in [0.717, 1.165) is 5.56 Å². The molecule has 1 aromatic heterocycles. The van der Waals surface area contributed by atoms with Crippen molar-refractivity contribution in [2.75, 3.05) is 0 Å². The van der Waals surface area contributed by atoms with E-state index in [1.54, 1.807) is 19.1 Å². The predicted molar refractivity (Wildman–Crippen MR) is 71.8 cm³/mol. The lowest BCUT2D eigenvalue weighted by atomic mass is 10.1. The van der Waals surface area contributed by atoms with Crippen molar-refractivity contribution in [1.29, 1.82) is 0 Å². The third-order valence-electron chi connectivity index (χ3n) is 2.78. The molecule has 0 bridgehead atoms. The topological polar surface area (TPSA) is 90.9 Å². The molecule has 2 N–H and O–H groups in total. The number of nitrogens with zero attached hydrogens (tertiary/aromatic N) is 3. The van der Waals surface area contributed by atoms with Gasteiger partial charge in [0.1, 0.15) is 5.82 Å². The van der Waals surface area contributed by atoms with Gasteiger partial charge in [0, 0.05) is 6.54 Å². The monoisotopic (exact) mass is 298 g/mol. The van der Waals surface area contributed by atoms with Gasteiger partial charge >= 0.3 is 0 Å². The van der Waals surface area contributed by atoms with E-state index < -0.39 is 15.8 Å². The Kier molecular flexibility index (Phi) is 3.87. The minimum atomic E-state index is -4.00. The van der Waals surface area contributed by atoms with Gasteiger partial charge in [-0.05, 0) is 31.0 Å². The van der Waals surface area contributed by atoms with Gasteiger partial charge in [-0.1, -0.05) is 13.0 Å². The van der Waals surface area contributed by atoms with Crippen LogP contribution in [0.2, 0.25) is 0 Å². The van der Waals surface area contributed by atoms with Gasteiger partial charge in [-0.15, -0.1) is 10.2 Å². The molecule has 1 aromatic carbocycles. The Morgan fingerprint density at radius 1 is 1.35 bits per heavy atom. The highest BCUT2D eigenvalue weighted by atomic mass is 32.2. The maximum Gasteiger partial charge on any atom is 0.273 e. The Hall–Kier alpha value is -1.80. The number of hydrogen-bond acceptors (Lipinski definition) is 4. The summed E-state index contributed by atoms with van der Waals surface area (Å²) in [7, 11) is -4.00. The lowest BCUT2D eigenvalue weighted by Crippen LogP contribution is -2.19. The number of benzene rings is 1. The van der Waals surface area contributed by atoms with Crippen LogP contribution in [0.1, 0.15) is 18.9 Å². The van der Waals surface area contributed by atoms with E-state index in [0.29, 0.717) is 13.0 Å². The quantitative estimate of drug-likeness (QED) is 0.925. The van der Waals surface area contributed by atoms with Crippen LogP contribution in [0.3, 0.4) is 0 Å². The molecule has 2 aromatic rings. The molecule has 1 heterocycles. The molecule has 0 fully saturated rings. The second-order valence-electron chi connectivity index (χ2n) is 4.49. The van der Waals surface area contributed by atoms with Crippen molar-refractivity contribution in [2.45, 2.75) is 32.0 Å². The molecule has 0 atom stereocenters. The number of hydrogen-bond donors (Lipinski definition) is 1. The van der Waals surface area contributed by atoms with Crippen molar-refractivity contribution in [2.24, 2.45) is 5.14 Å². The van der Waals surface area contributed by atoms with Gasteiger partial charge in [0.05, 0.1) is 5.56 Å². The van der Waals surface area contributed by atoms with E-state index in [1.807, 2.05) is 6.92 Å². The van der Waals surface area contributed by atoms with Crippen LogP contribution in [0.4, 0.5) is 4.39 Å². The zero-order valence-corrected chi connectivity index (χ0v) is 12.0. The van der Waals surface area contributed by atoms with Crippen molar-refractivity contribution in [3.8, 4) is 11.4 Å². The molecule has 0 amide bonds. The highest BCUT2D eigenvalue weighted by Crippen LogP contribution is 2.24. The number of halogens is 1. The minimum absolute atomic E-state index is 0.161. The lowest BCUT2D eigenvalue weighted by molar-refractivity contribution is 0.558. The van der Waals surface area contributed by atoms with E-state index in [4.69, 9.17) is 5.14 Å². The third-order valence-corrected chi connectivity index (χ3v) is 3.60. The van der Waals surface area contributed by atoms with Gasteiger partial charge in [-0.2, -0.15) is 0 Å². The SMILES string of the molecule is CCCn1c(-c2ccc(C)cc2F)nnc1S(N)(=O)=O. The van der Waals surface area contributed by atoms with E-state index in [9.17, 15) is 12.8 Å². The van der Waals surface area contributed by atoms with Gasteiger partial charge in [-0.3, -0.25) is 4.57 Å². The van der Waals surface area contributed by atoms with Crippen LogP contribution in [-0.2, 0) is 16.6 Å². The average molecular weight is 298 g/mol. The van der Waals surface area contributed by atoms with Gasteiger partial charge < -0.3 is 0 Å². The molecular formula is C12H15FN4O2S. The van der Waals surface area contributed by atoms with Crippen molar-refractivity contribution in [1.82, 2.24) is 14.8 Å². The van der Waals surface area contributed by atoms with Crippen LogP contribution in [0, 0.1) is 12.7 Å². The number of aromatic nitrogens is 3. The van der Waals surface area contributed by atoms with Crippen molar-refractivity contribution >= 4 is 10.0 Å². The summed E-state index contributed by atoms with van der Waals surface area (Å²) in [6.07, 6.45) is 0.640. The highest BCUT2D eigenvalue weighted by molar-refractivity contribution is 7.89. The number of nitrogens with two attached hydrogens (primary N) is 1. The fraction of sp³-hybridized carbons (Fsp3) is 0.333. The molecule has 0 saturated carbocycles. The van der Waals surface area contributed by atoms with Gasteiger partial charge in [-0.25, -0.2) is 17.9 Å². The molecular weight excluding hydrogens is 283 g/mol. The first kappa shape index (κ1) is 14.6. The zero-order chi connectivity index (χ0) is 14.9. The molecule has 0 aliphatic heterocycles. The fourth-order valence-electron chi connectivity index (χ4n) is 1.93. The molecule has 0 unspecified atom stereocenters. The Morgan fingerprint density at radius 3 is 2.60 bits per heavy atom. The average Bonchev–Trinajstić information content (AvgIpc) is 2.73. The number of aryl methyl sites for hydroxylation is 1. The molecule has 2 rings (SSSR count). The number of rotatable bonds is 4. The summed E-state index contributed by atoms with van der Waals surface area (Å²) in [5.41, 5.74) is 0.964. The zero-order valence-electron chi connectivity index (χ0n) is 11.2. The molecule has 8 heteroatoms. The summed E-state index contributed by atoms with van der Waals surface area (Å²) in [6, 6.07) is 4.63. The van der Waals surface area contributed by atoms with Crippen molar-refractivity contribution in [3.63, 3.8) is 0 Å². The van der Waals surface area contributed by atoms with Crippen LogP contribution in [0.25, 0.3) is 11.4 Å². The smallest absolute Gasteiger partial charge is 0.273 e. The molecule has 0 spiro atoms. The summed E-state index contributed by atoms with van der Waals surface area (Å²) in [6.45, 7) is 3.96. The summed E-state index contributed by atoms with van der Waals surface area (Å²) in [4.78, 5) is 0. The second kappa shape index (κ2) is 5.29. The summed E-state index contributed by atoms with van der Waals surface area (Å²) in [5.74, 6) is -0.316. The van der Waals surface area contributed by atoms with E-state index in [2.05, 4.69) is 10.2 Å². The van der Waals surface area contributed by atoms with Crippen LogP contribution in [0.15, 0.2) is 23.4 Å². The van der Waals surface area contributed by atoms with E-state index in [1.165, 1.54) is 10.6 Å². The van der Waals surface area contributed by atoms with Gasteiger partial charge in [0.15, 0.2) is 5.82 Å². The Bertz CT molecular complexity index is 740. The first-order valence-corrected chi connectivity index (χ1v) is 7.61. The maximum absolute atomic E-state index is 14.0. The molecule has 108 valence electrons. The predicted octanol–water partition coefficient (Wildman–Crippen LogP) is 1.45. The fourth-order valence-corrected chi connectivity index (χ4v) is 2.56. The molecule has 0 saturated heterocycles. The van der Waals surface area contributed by atoms with Crippen LogP contribution in [-0.4, -0.2) is 23.2 Å². The van der Waals surface area contributed by atoms with Crippen molar-refractivity contribution < 1.29 is 12.8 Å². The molecule has 0 aliphatic carbocycles. The summed E-state index contributed by atoms with van der Waals surface area (Å²) >= 11 is 0. The first-order valence-electron chi connectivity index (χ1n) is 6.07. The Morgan fingerprint density at radius 2 is 2.05 bits per heavy atom. The normalized spacial score (nSPS) is 11.8. The summed E-state index contributed by atoms with van der Waals surface area (Å²) < 4.78 is 38.3. The number of primary sulfonamides is 1. The molecule has 20 heavy (non-hydrogen) atoms. The standard InChI is InChI=1S/C12H15FN4O2S/c1-3-6-17-11(15-16-12(17)20(14,18)19)9-5-4-8(2)7-10(9)13/h4-5,7H,3,6H2,1-2H3,(H2,14,18,19). The van der Waals surface area contributed by atoms with Crippen LogP contribution in [0.5, 0.6) is 0 Å². The van der Waals surface area contributed by atoms with Crippen molar-refractivity contribution in [3.05, 3.63) is 29.6 Å². The molecule has 6 nitrogen and oxygen atoms in total. The summed E-state index contributed by atoms with van der Waals surface area (Å²) in [5, 5.41) is 12.1. The first-order chi connectivity index (χ1) is 9.34.